The Hall–Kier alpha value is -2.69. The Morgan fingerprint density at radius 3 is 2.62 bits per heavy atom. The highest BCUT2D eigenvalue weighted by molar-refractivity contribution is 6.01. The van der Waals surface area contributed by atoms with E-state index in [9.17, 15) is 9.18 Å². The van der Waals surface area contributed by atoms with Crippen LogP contribution in [-0.4, -0.2) is 21.0 Å². The molecule has 5 heteroatoms. The van der Waals surface area contributed by atoms with E-state index in [2.05, 4.69) is 16.9 Å². The van der Waals surface area contributed by atoms with Crippen LogP contribution in [0, 0.1) is 5.82 Å². The fourth-order valence-corrected chi connectivity index (χ4v) is 2.28. The fraction of sp³-hybridized carbons (Fsp3) is 0.125. The molecule has 4 nitrogen and oxygen atoms in total. The predicted molar refractivity (Wildman–Crippen MR) is 77.8 cm³/mol. The number of hydrogen-bond acceptors (Lipinski definition) is 2. The molecule has 0 saturated heterocycles. The number of benzene rings is 2. The molecule has 0 bridgehead atoms. The number of aromatic amines is 1. The summed E-state index contributed by atoms with van der Waals surface area (Å²) in [5.74, 6) is -1.27. The third-order valence-electron chi connectivity index (χ3n) is 3.42. The van der Waals surface area contributed by atoms with Crippen molar-refractivity contribution < 1.29 is 14.3 Å². The van der Waals surface area contributed by atoms with Gasteiger partial charge in [-0.25, -0.2) is 14.2 Å². The molecule has 0 saturated carbocycles. The summed E-state index contributed by atoms with van der Waals surface area (Å²) in [7, 11) is 0. The summed E-state index contributed by atoms with van der Waals surface area (Å²) in [6.07, 6.45) is 0.939. The van der Waals surface area contributed by atoms with Gasteiger partial charge in [-0.05, 0) is 24.1 Å². The van der Waals surface area contributed by atoms with Crippen molar-refractivity contribution in [2.75, 3.05) is 0 Å². The van der Waals surface area contributed by atoms with Crippen LogP contribution in [0.3, 0.4) is 0 Å². The Labute approximate surface area is 120 Å². The quantitative estimate of drug-likeness (QED) is 0.771. The standard InChI is InChI=1S/C16H13FN2O2/c1-2-9-3-5-10(6-4-9)15-18-13-8-11(17)7-12(16(20)21)14(13)19-15/h3-8H,2H2,1H3,(H,18,19)(H,20,21). The van der Waals surface area contributed by atoms with Crippen LogP contribution in [0.1, 0.15) is 22.8 Å². The zero-order valence-electron chi connectivity index (χ0n) is 11.4. The average Bonchev–Trinajstić information content (AvgIpc) is 2.90. The maximum atomic E-state index is 13.5. The van der Waals surface area contributed by atoms with E-state index in [0.29, 0.717) is 11.3 Å². The van der Waals surface area contributed by atoms with Gasteiger partial charge in [-0.15, -0.1) is 0 Å². The van der Waals surface area contributed by atoms with E-state index in [1.807, 2.05) is 24.3 Å². The molecule has 0 spiro atoms. The van der Waals surface area contributed by atoms with Gasteiger partial charge in [-0.2, -0.15) is 0 Å². The molecular weight excluding hydrogens is 271 g/mol. The third kappa shape index (κ3) is 2.38. The lowest BCUT2D eigenvalue weighted by atomic mass is 10.1. The van der Waals surface area contributed by atoms with Gasteiger partial charge in [-0.3, -0.25) is 0 Å². The Kier molecular flexibility index (Phi) is 3.17. The van der Waals surface area contributed by atoms with Crippen molar-refractivity contribution in [2.45, 2.75) is 13.3 Å². The van der Waals surface area contributed by atoms with Crippen LogP contribution in [0.15, 0.2) is 36.4 Å². The van der Waals surface area contributed by atoms with Crippen LogP contribution in [-0.2, 0) is 6.42 Å². The molecule has 0 aliphatic carbocycles. The van der Waals surface area contributed by atoms with Gasteiger partial charge in [0.15, 0.2) is 0 Å². The minimum absolute atomic E-state index is 0.141. The second kappa shape index (κ2) is 5.01. The summed E-state index contributed by atoms with van der Waals surface area (Å²) in [5, 5.41) is 9.13. The van der Waals surface area contributed by atoms with Crippen molar-refractivity contribution in [3.8, 4) is 11.4 Å². The van der Waals surface area contributed by atoms with Crippen molar-refractivity contribution in [1.29, 1.82) is 0 Å². The monoisotopic (exact) mass is 284 g/mol. The molecule has 0 radical (unpaired) electrons. The molecule has 0 unspecified atom stereocenters. The number of carboxylic acid groups (broad SMARTS) is 1. The minimum atomic E-state index is -1.20. The fourth-order valence-electron chi connectivity index (χ4n) is 2.28. The molecule has 3 aromatic rings. The minimum Gasteiger partial charge on any atom is -0.478 e. The zero-order valence-corrected chi connectivity index (χ0v) is 11.4. The van der Waals surface area contributed by atoms with Crippen molar-refractivity contribution >= 4 is 17.0 Å². The number of rotatable bonds is 3. The van der Waals surface area contributed by atoms with E-state index in [-0.39, 0.29) is 11.1 Å². The smallest absolute Gasteiger partial charge is 0.338 e. The highest BCUT2D eigenvalue weighted by Gasteiger charge is 2.15. The Balaban J connectivity index is 2.16. The van der Waals surface area contributed by atoms with Crippen molar-refractivity contribution in [3.05, 3.63) is 53.3 Å². The van der Waals surface area contributed by atoms with Gasteiger partial charge in [0.05, 0.1) is 11.1 Å². The lowest BCUT2D eigenvalue weighted by Crippen LogP contribution is -1.98. The second-order valence-electron chi connectivity index (χ2n) is 4.79. The predicted octanol–water partition coefficient (Wildman–Crippen LogP) is 3.63. The maximum Gasteiger partial charge on any atom is 0.338 e. The molecule has 106 valence electrons. The van der Waals surface area contributed by atoms with Crippen molar-refractivity contribution in [1.82, 2.24) is 9.97 Å². The first-order valence-electron chi connectivity index (χ1n) is 6.60. The van der Waals surface area contributed by atoms with E-state index in [1.165, 1.54) is 11.6 Å². The molecule has 0 fully saturated rings. The molecule has 0 amide bonds. The van der Waals surface area contributed by atoms with Crippen LogP contribution >= 0.6 is 0 Å². The SMILES string of the molecule is CCc1ccc(-c2nc3c(C(=O)O)cc(F)cc3[nH]2)cc1. The summed E-state index contributed by atoms with van der Waals surface area (Å²) in [6, 6.07) is 10.0. The number of imidazole rings is 1. The van der Waals surface area contributed by atoms with Gasteiger partial charge in [-0.1, -0.05) is 31.2 Å². The highest BCUT2D eigenvalue weighted by Crippen LogP contribution is 2.24. The number of aromatic nitrogens is 2. The van der Waals surface area contributed by atoms with Gasteiger partial charge < -0.3 is 10.1 Å². The number of nitrogens with zero attached hydrogens (tertiary/aromatic N) is 1. The number of hydrogen-bond donors (Lipinski definition) is 2. The molecule has 0 atom stereocenters. The lowest BCUT2D eigenvalue weighted by molar-refractivity contribution is 0.0698. The summed E-state index contributed by atoms with van der Waals surface area (Å²) < 4.78 is 13.5. The van der Waals surface area contributed by atoms with Crippen molar-refractivity contribution in [2.24, 2.45) is 0 Å². The molecule has 21 heavy (non-hydrogen) atoms. The number of fused-ring (bicyclic) bond motifs is 1. The van der Waals surface area contributed by atoms with Gasteiger partial charge in [0.2, 0.25) is 0 Å². The molecular formula is C16H13FN2O2. The highest BCUT2D eigenvalue weighted by atomic mass is 19.1. The third-order valence-corrected chi connectivity index (χ3v) is 3.42. The van der Waals surface area contributed by atoms with Crippen LogP contribution in [0.2, 0.25) is 0 Å². The van der Waals surface area contributed by atoms with E-state index < -0.39 is 11.8 Å². The van der Waals surface area contributed by atoms with Gasteiger partial charge in [0.1, 0.15) is 17.2 Å². The number of carbonyl (C=O) groups is 1. The van der Waals surface area contributed by atoms with Crippen LogP contribution in [0.25, 0.3) is 22.4 Å². The van der Waals surface area contributed by atoms with Crippen LogP contribution < -0.4 is 0 Å². The molecule has 0 aliphatic rings. The maximum absolute atomic E-state index is 13.5. The molecule has 3 rings (SSSR count). The van der Waals surface area contributed by atoms with Crippen LogP contribution in [0.5, 0.6) is 0 Å². The molecule has 1 aromatic heterocycles. The first-order valence-corrected chi connectivity index (χ1v) is 6.60. The molecule has 2 N–H and O–H groups in total. The molecule has 2 aromatic carbocycles. The Morgan fingerprint density at radius 2 is 2.00 bits per heavy atom. The van der Waals surface area contributed by atoms with Gasteiger partial charge in [0.25, 0.3) is 0 Å². The lowest BCUT2D eigenvalue weighted by Gasteiger charge is -1.98. The van der Waals surface area contributed by atoms with E-state index in [0.717, 1.165) is 18.1 Å². The van der Waals surface area contributed by atoms with E-state index in [4.69, 9.17) is 5.11 Å². The van der Waals surface area contributed by atoms with E-state index in [1.54, 1.807) is 0 Å². The largest absolute Gasteiger partial charge is 0.478 e. The Morgan fingerprint density at radius 1 is 1.29 bits per heavy atom. The van der Waals surface area contributed by atoms with E-state index >= 15 is 0 Å². The molecule has 1 heterocycles. The number of nitrogens with one attached hydrogen (secondary N) is 1. The summed E-state index contributed by atoms with van der Waals surface area (Å²) in [4.78, 5) is 18.4. The normalized spacial score (nSPS) is 11.0. The van der Waals surface area contributed by atoms with Gasteiger partial charge in [0, 0.05) is 5.56 Å². The summed E-state index contributed by atoms with van der Waals surface area (Å²) in [5.41, 5.74) is 2.53. The number of carboxylic acids is 1. The number of halogens is 1. The zero-order chi connectivity index (χ0) is 15.0. The Bertz CT molecular complexity index is 822. The average molecular weight is 284 g/mol. The number of aryl methyl sites for hydroxylation is 1. The number of aromatic carboxylic acids is 1. The van der Waals surface area contributed by atoms with Crippen molar-refractivity contribution in [3.63, 3.8) is 0 Å². The van der Waals surface area contributed by atoms with Gasteiger partial charge >= 0.3 is 5.97 Å². The topological polar surface area (TPSA) is 66.0 Å². The second-order valence-corrected chi connectivity index (χ2v) is 4.79. The first-order chi connectivity index (χ1) is 10.1. The molecule has 0 aliphatic heterocycles. The summed E-state index contributed by atoms with van der Waals surface area (Å²) in [6.45, 7) is 2.07. The first kappa shape index (κ1) is 13.3. The number of H-pyrrole nitrogens is 1. The summed E-state index contributed by atoms with van der Waals surface area (Å²) >= 11 is 0. The van der Waals surface area contributed by atoms with Crippen LogP contribution in [0.4, 0.5) is 4.39 Å².